The summed E-state index contributed by atoms with van der Waals surface area (Å²) in [5.41, 5.74) is 5.76. The van der Waals surface area contributed by atoms with Crippen LogP contribution in [0.25, 0.3) is 11.2 Å². The molecule has 2 aromatic carbocycles. The van der Waals surface area contributed by atoms with Gasteiger partial charge in [0.25, 0.3) is 5.56 Å². The SMILES string of the molecule is Cc1ccc(Cn2c(N3CCN(C(=S)Nc4cccc(C)c4C)CC3)nc3c2c(=O)n(C)c(=O)n3C)cc1. The number of hydrogen-bond acceptors (Lipinski definition) is 5. The van der Waals surface area contributed by atoms with Crippen LogP contribution in [0.5, 0.6) is 0 Å². The first-order chi connectivity index (χ1) is 18.2. The Morgan fingerprint density at radius 1 is 0.947 bits per heavy atom. The van der Waals surface area contributed by atoms with Gasteiger partial charge in [-0.3, -0.25) is 18.5 Å². The molecule has 10 heteroatoms. The molecule has 0 radical (unpaired) electrons. The molecular formula is C28H33N7O2S. The van der Waals surface area contributed by atoms with Gasteiger partial charge in [0.05, 0.1) is 6.54 Å². The molecule has 0 bridgehead atoms. The monoisotopic (exact) mass is 531 g/mol. The van der Waals surface area contributed by atoms with Crippen molar-refractivity contribution in [3.63, 3.8) is 0 Å². The lowest BCUT2D eigenvalue weighted by atomic mass is 10.1. The second-order valence-corrected chi connectivity index (χ2v) is 10.4. The van der Waals surface area contributed by atoms with Gasteiger partial charge in [-0.05, 0) is 55.7 Å². The van der Waals surface area contributed by atoms with E-state index in [2.05, 4.69) is 59.3 Å². The number of fused-ring (bicyclic) bond motifs is 1. The lowest BCUT2D eigenvalue weighted by molar-refractivity contribution is 0.386. The van der Waals surface area contributed by atoms with Gasteiger partial charge in [0.15, 0.2) is 16.3 Å². The van der Waals surface area contributed by atoms with E-state index in [1.807, 2.05) is 23.6 Å². The number of aryl methyl sites for hydroxylation is 3. The molecular weight excluding hydrogens is 498 g/mol. The molecule has 38 heavy (non-hydrogen) atoms. The summed E-state index contributed by atoms with van der Waals surface area (Å²) >= 11 is 5.75. The summed E-state index contributed by atoms with van der Waals surface area (Å²) < 4.78 is 4.55. The summed E-state index contributed by atoms with van der Waals surface area (Å²) in [5, 5.41) is 4.11. The third-order valence-corrected chi connectivity index (χ3v) is 7.85. The summed E-state index contributed by atoms with van der Waals surface area (Å²) in [5.74, 6) is 0.687. The smallest absolute Gasteiger partial charge is 0.332 e. The molecule has 1 aliphatic rings. The molecule has 4 aromatic rings. The Morgan fingerprint density at radius 2 is 1.63 bits per heavy atom. The average Bonchev–Trinajstić information content (AvgIpc) is 3.29. The molecule has 1 aliphatic heterocycles. The predicted octanol–water partition coefficient (Wildman–Crippen LogP) is 2.93. The highest BCUT2D eigenvalue weighted by molar-refractivity contribution is 7.80. The summed E-state index contributed by atoms with van der Waals surface area (Å²) in [6, 6.07) is 14.4. The van der Waals surface area contributed by atoms with Gasteiger partial charge in [-0.25, -0.2) is 4.79 Å². The topological polar surface area (TPSA) is 80.3 Å². The van der Waals surface area contributed by atoms with Crippen molar-refractivity contribution in [2.45, 2.75) is 27.3 Å². The van der Waals surface area contributed by atoms with Crippen molar-refractivity contribution in [3.05, 3.63) is 85.6 Å². The lowest BCUT2D eigenvalue weighted by Gasteiger charge is -2.37. The van der Waals surface area contributed by atoms with Crippen molar-refractivity contribution in [3.8, 4) is 0 Å². The van der Waals surface area contributed by atoms with E-state index >= 15 is 0 Å². The fourth-order valence-electron chi connectivity index (χ4n) is 4.89. The maximum atomic E-state index is 13.3. The molecule has 1 saturated heterocycles. The Morgan fingerprint density at radius 3 is 2.32 bits per heavy atom. The number of piperazine rings is 1. The van der Waals surface area contributed by atoms with Gasteiger partial charge in [0, 0.05) is 46.0 Å². The zero-order valence-electron chi connectivity index (χ0n) is 22.5. The molecule has 5 rings (SSSR count). The number of nitrogens with zero attached hydrogens (tertiary/aromatic N) is 6. The molecule has 0 aliphatic carbocycles. The van der Waals surface area contributed by atoms with Crippen LogP contribution in [0.2, 0.25) is 0 Å². The Hall–Kier alpha value is -3.92. The van der Waals surface area contributed by atoms with E-state index in [-0.39, 0.29) is 11.2 Å². The van der Waals surface area contributed by atoms with Crippen molar-refractivity contribution in [1.82, 2.24) is 23.6 Å². The Kier molecular flexibility index (Phi) is 6.83. The maximum absolute atomic E-state index is 13.3. The second-order valence-electron chi connectivity index (χ2n) is 10.0. The van der Waals surface area contributed by atoms with E-state index in [1.165, 1.54) is 28.3 Å². The molecule has 0 atom stereocenters. The van der Waals surface area contributed by atoms with Crippen LogP contribution in [0.15, 0.2) is 52.1 Å². The van der Waals surface area contributed by atoms with E-state index in [4.69, 9.17) is 17.2 Å². The highest BCUT2D eigenvalue weighted by Crippen LogP contribution is 2.24. The quantitative estimate of drug-likeness (QED) is 0.406. The van der Waals surface area contributed by atoms with Gasteiger partial charge in [-0.15, -0.1) is 0 Å². The van der Waals surface area contributed by atoms with E-state index in [0.717, 1.165) is 15.8 Å². The minimum Gasteiger partial charge on any atom is -0.345 e. The third-order valence-electron chi connectivity index (χ3n) is 7.49. The highest BCUT2D eigenvalue weighted by atomic mass is 32.1. The second kappa shape index (κ2) is 10.1. The van der Waals surface area contributed by atoms with Crippen LogP contribution in [-0.2, 0) is 20.6 Å². The number of anilines is 2. The minimum absolute atomic E-state index is 0.341. The standard InChI is InChI=1S/C28H33N7O2S/c1-18-9-11-21(12-10-18)17-35-23-24(31(4)28(37)32(5)25(23)36)30-26(35)33-13-15-34(16-14-33)27(38)29-22-8-6-7-19(2)20(22)3/h6-12H,13-17H2,1-5H3,(H,29,38). The Labute approximate surface area is 226 Å². The van der Waals surface area contributed by atoms with Gasteiger partial charge >= 0.3 is 5.69 Å². The van der Waals surface area contributed by atoms with Gasteiger partial charge in [-0.1, -0.05) is 42.0 Å². The molecule has 0 saturated carbocycles. The number of benzene rings is 2. The lowest BCUT2D eigenvalue weighted by Crippen LogP contribution is -2.50. The van der Waals surface area contributed by atoms with Crippen LogP contribution in [0.1, 0.15) is 22.3 Å². The van der Waals surface area contributed by atoms with Crippen LogP contribution in [0.4, 0.5) is 11.6 Å². The summed E-state index contributed by atoms with van der Waals surface area (Å²) in [4.78, 5) is 35.1. The zero-order chi connectivity index (χ0) is 27.1. The Bertz CT molecular complexity index is 1640. The average molecular weight is 532 g/mol. The summed E-state index contributed by atoms with van der Waals surface area (Å²) in [6.45, 7) is 9.49. The van der Waals surface area contributed by atoms with E-state index in [1.54, 1.807) is 7.05 Å². The van der Waals surface area contributed by atoms with Crippen LogP contribution < -0.4 is 21.5 Å². The molecule has 198 valence electrons. The van der Waals surface area contributed by atoms with Crippen LogP contribution >= 0.6 is 12.2 Å². The van der Waals surface area contributed by atoms with Crippen LogP contribution in [0, 0.1) is 20.8 Å². The third kappa shape index (κ3) is 4.60. The first-order valence-corrected chi connectivity index (χ1v) is 13.2. The number of rotatable bonds is 4. The molecule has 2 aromatic heterocycles. The van der Waals surface area contributed by atoms with Crippen LogP contribution in [-0.4, -0.2) is 54.9 Å². The highest BCUT2D eigenvalue weighted by Gasteiger charge is 2.26. The molecule has 1 fully saturated rings. The number of aromatic nitrogens is 4. The predicted molar refractivity (Wildman–Crippen MR) is 156 cm³/mol. The molecule has 1 N–H and O–H groups in total. The van der Waals surface area contributed by atoms with Crippen molar-refractivity contribution in [2.75, 3.05) is 36.4 Å². The molecule has 0 amide bonds. The van der Waals surface area contributed by atoms with Gasteiger partial charge in [0.1, 0.15) is 0 Å². The normalized spacial score (nSPS) is 13.8. The minimum atomic E-state index is -0.387. The van der Waals surface area contributed by atoms with Gasteiger partial charge < -0.3 is 15.1 Å². The molecule has 9 nitrogen and oxygen atoms in total. The van der Waals surface area contributed by atoms with Gasteiger partial charge in [0.2, 0.25) is 5.95 Å². The summed E-state index contributed by atoms with van der Waals surface area (Å²) in [6.07, 6.45) is 0. The number of imidazole rings is 1. The van der Waals surface area contributed by atoms with Crippen molar-refractivity contribution >= 4 is 40.1 Å². The first-order valence-electron chi connectivity index (χ1n) is 12.7. The number of nitrogens with one attached hydrogen (secondary N) is 1. The Balaban J connectivity index is 1.45. The zero-order valence-corrected chi connectivity index (χ0v) is 23.3. The summed E-state index contributed by atoms with van der Waals surface area (Å²) in [7, 11) is 3.17. The molecule has 0 unspecified atom stereocenters. The van der Waals surface area contributed by atoms with Gasteiger partial charge in [-0.2, -0.15) is 4.98 Å². The van der Waals surface area contributed by atoms with Crippen molar-refractivity contribution in [1.29, 1.82) is 0 Å². The van der Waals surface area contributed by atoms with Crippen molar-refractivity contribution in [2.24, 2.45) is 14.1 Å². The molecule has 0 spiro atoms. The maximum Gasteiger partial charge on any atom is 0.332 e. The van der Waals surface area contributed by atoms with Crippen LogP contribution in [0.3, 0.4) is 0 Å². The molecule has 3 heterocycles. The fraction of sp³-hybridized carbons (Fsp3) is 0.357. The largest absolute Gasteiger partial charge is 0.345 e. The first kappa shape index (κ1) is 25.7. The van der Waals surface area contributed by atoms with E-state index in [0.29, 0.717) is 54.9 Å². The van der Waals surface area contributed by atoms with E-state index in [9.17, 15) is 9.59 Å². The number of hydrogen-bond donors (Lipinski definition) is 1. The van der Waals surface area contributed by atoms with Crippen molar-refractivity contribution < 1.29 is 0 Å². The number of thiocarbonyl (C=S) groups is 1. The van der Waals surface area contributed by atoms with E-state index < -0.39 is 0 Å². The fourth-order valence-corrected chi connectivity index (χ4v) is 5.19.